The van der Waals surface area contributed by atoms with Crippen molar-refractivity contribution < 1.29 is 23.0 Å². The minimum atomic E-state index is -0.457. The Hall–Kier alpha value is -3.50. The van der Waals surface area contributed by atoms with Gasteiger partial charge in [-0.25, -0.2) is 18.7 Å². The fourth-order valence-corrected chi connectivity index (χ4v) is 4.51. The number of H-pyrrole nitrogens is 1. The third-order valence-electron chi connectivity index (χ3n) is 6.46. The van der Waals surface area contributed by atoms with Crippen molar-refractivity contribution in [2.75, 3.05) is 59.7 Å². The van der Waals surface area contributed by atoms with E-state index in [1.165, 1.54) is 6.33 Å². The number of methoxy groups -OCH3 is 1. The average molecular weight is 498 g/mol. The molecule has 0 atom stereocenters. The molecule has 8 nitrogen and oxygen atoms in total. The number of piperazine rings is 1. The van der Waals surface area contributed by atoms with Crippen LogP contribution in [0.25, 0.3) is 21.8 Å². The van der Waals surface area contributed by atoms with Crippen molar-refractivity contribution >= 4 is 21.8 Å². The molecule has 3 heterocycles. The van der Waals surface area contributed by atoms with Crippen molar-refractivity contribution in [2.45, 2.75) is 6.92 Å². The SMILES string of the molecule is COc1cc2c(Oc3ccc4[nH]c(C)cc4c3F)ncnc2cc1OCCN1CCN(CCF)CC1. The first kappa shape index (κ1) is 24.2. The summed E-state index contributed by atoms with van der Waals surface area (Å²) in [6.45, 7) is 6.79. The molecule has 2 aromatic heterocycles. The lowest BCUT2D eigenvalue weighted by molar-refractivity contribution is 0.111. The lowest BCUT2D eigenvalue weighted by Crippen LogP contribution is -2.47. The molecule has 0 aliphatic carbocycles. The molecule has 0 amide bonds. The normalized spacial score (nSPS) is 15.0. The second-order valence-corrected chi connectivity index (χ2v) is 8.81. The molecule has 10 heteroatoms. The highest BCUT2D eigenvalue weighted by atomic mass is 19.1. The third kappa shape index (κ3) is 5.05. The molecule has 0 radical (unpaired) electrons. The van der Waals surface area contributed by atoms with Gasteiger partial charge in [0.05, 0.1) is 18.0 Å². The Kier molecular flexibility index (Phi) is 7.15. The summed E-state index contributed by atoms with van der Waals surface area (Å²) in [6.07, 6.45) is 1.38. The number of ether oxygens (including phenoxy) is 3. The van der Waals surface area contributed by atoms with Crippen LogP contribution in [-0.4, -0.2) is 84.4 Å². The summed E-state index contributed by atoms with van der Waals surface area (Å²) in [7, 11) is 1.56. The van der Waals surface area contributed by atoms with Gasteiger partial charge in [0.25, 0.3) is 0 Å². The molecule has 5 rings (SSSR count). The predicted octanol–water partition coefficient (Wildman–Crippen LogP) is 4.33. The summed E-state index contributed by atoms with van der Waals surface area (Å²) in [4.78, 5) is 16.1. The van der Waals surface area contributed by atoms with E-state index in [1.54, 1.807) is 37.4 Å². The standard InChI is InChI=1S/C26H29F2N5O3/c1-17-13-18-20(31-17)3-4-22(25(18)28)36-26-19-14-23(34-2)24(15-21(19)29-16-30-26)35-12-11-33-9-7-32(6-5-27)8-10-33/h3-4,13-16,31H,5-12H2,1-2H3. The van der Waals surface area contributed by atoms with Crippen LogP contribution >= 0.6 is 0 Å². The number of nitrogens with one attached hydrogen (secondary N) is 1. The van der Waals surface area contributed by atoms with Crippen molar-refractivity contribution in [3.63, 3.8) is 0 Å². The summed E-state index contributed by atoms with van der Waals surface area (Å²) in [5.74, 6) is 0.906. The van der Waals surface area contributed by atoms with Crippen molar-refractivity contribution in [1.82, 2.24) is 24.8 Å². The minimum Gasteiger partial charge on any atom is -0.493 e. The molecule has 36 heavy (non-hydrogen) atoms. The Labute approximate surface area is 207 Å². The molecule has 1 aliphatic rings. The fraction of sp³-hybridized carbons (Fsp3) is 0.385. The second-order valence-electron chi connectivity index (χ2n) is 8.81. The second kappa shape index (κ2) is 10.6. The zero-order chi connectivity index (χ0) is 25.1. The molecule has 4 aromatic rings. The van der Waals surface area contributed by atoms with Crippen molar-refractivity contribution in [2.24, 2.45) is 0 Å². The smallest absolute Gasteiger partial charge is 0.230 e. The van der Waals surface area contributed by atoms with E-state index < -0.39 is 5.82 Å². The van der Waals surface area contributed by atoms with Crippen LogP contribution in [0, 0.1) is 12.7 Å². The van der Waals surface area contributed by atoms with Crippen LogP contribution < -0.4 is 14.2 Å². The lowest BCUT2D eigenvalue weighted by Gasteiger charge is -2.34. The molecular weight excluding hydrogens is 468 g/mol. The van der Waals surface area contributed by atoms with Gasteiger partial charge in [0.1, 0.15) is 19.6 Å². The van der Waals surface area contributed by atoms with E-state index >= 15 is 4.39 Å². The topological polar surface area (TPSA) is 75.7 Å². The first-order valence-corrected chi connectivity index (χ1v) is 12.0. The number of alkyl halides is 1. The van der Waals surface area contributed by atoms with Crippen LogP contribution in [0.1, 0.15) is 5.69 Å². The lowest BCUT2D eigenvalue weighted by atomic mass is 10.2. The van der Waals surface area contributed by atoms with Gasteiger partial charge in [0.2, 0.25) is 5.88 Å². The molecule has 2 aromatic carbocycles. The molecule has 0 spiro atoms. The van der Waals surface area contributed by atoms with Gasteiger partial charge in [-0.2, -0.15) is 0 Å². The Morgan fingerprint density at radius 2 is 1.72 bits per heavy atom. The van der Waals surface area contributed by atoms with Gasteiger partial charge in [-0.3, -0.25) is 9.80 Å². The summed E-state index contributed by atoms with van der Waals surface area (Å²) >= 11 is 0. The number of fused-ring (bicyclic) bond motifs is 2. The number of nitrogens with zero attached hydrogens (tertiary/aromatic N) is 4. The van der Waals surface area contributed by atoms with E-state index in [0.717, 1.165) is 38.4 Å². The van der Waals surface area contributed by atoms with Gasteiger partial charge < -0.3 is 19.2 Å². The molecule has 1 aliphatic heterocycles. The fourth-order valence-electron chi connectivity index (χ4n) is 4.51. The number of rotatable bonds is 9. The van der Waals surface area contributed by atoms with Crippen molar-refractivity contribution in [3.8, 4) is 23.1 Å². The van der Waals surface area contributed by atoms with E-state index in [4.69, 9.17) is 14.2 Å². The third-order valence-corrected chi connectivity index (χ3v) is 6.46. The van der Waals surface area contributed by atoms with Gasteiger partial charge in [0.15, 0.2) is 23.1 Å². The average Bonchev–Trinajstić information content (AvgIpc) is 3.28. The van der Waals surface area contributed by atoms with Crippen molar-refractivity contribution in [1.29, 1.82) is 0 Å². The van der Waals surface area contributed by atoms with Crippen LogP contribution in [0.4, 0.5) is 8.78 Å². The van der Waals surface area contributed by atoms with E-state index in [0.29, 0.717) is 46.5 Å². The summed E-state index contributed by atoms with van der Waals surface area (Å²) in [6, 6.07) is 8.61. The van der Waals surface area contributed by atoms with E-state index in [1.807, 2.05) is 6.92 Å². The Morgan fingerprint density at radius 1 is 0.944 bits per heavy atom. The number of aromatic nitrogens is 3. The van der Waals surface area contributed by atoms with Crippen LogP contribution in [0.5, 0.6) is 23.1 Å². The maximum atomic E-state index is 15.1. The van der Waals surface area contributed by atoms with Crippen LogP contribution in [0.15, 0.2) is 36.7 Å². The highest BCUT2D eigenvalue weighted by Gasteiger charge is 2.18. The zero-order valence-electron chi connectivity index (χ0n) is 20.4. The van der Waals surface area contributed by atoms with Gasteiger partial charge >= 0.3 is 0 Å². The first-order chi connectivity index (χ1) is 17.6. The molecule has 0 bridgehead atoms. The summed E-state index contributed by atoms with van der Waals surface area (Å²) in [5.41, 5.74) is 2.16. The predicted molar refractivity (Wildman–Crippen MR) is 134 cm³/mol. The van der Waals surface area contributed by atoms with Gasteiger partial charge in [0, 0.05) is 61.9 Å². The molecular formula is C26H29F2N5O3. The molecule has 1 fully saturated rings. The van der Waals surface area contributed by atoms with E-state index in [2.05, 4.69) is 24.8 Å². The van der Waals surface area contributed by atoms with E-state index in [-0.39, 0.29) is 18.3 Å². The zero-order valence-corrected chi connectivity index (χ0v) is 20.4. The maximum absolute atomic E-state index is 15.1. The highest BCUT2D eigenvalue weighted by molar-refractivity contribution is 5.87. The number of hydrogen-bond donors (Lipinski definition) is 1. The number of halogens is 2. The van der Waals surface area contributed by atoms with Gasteiger partial charge in [-0.1, -0.05) is 0 Å². The summed E-state index contributed by atoms with van der Waals surface area (Å²) in [5, 5.41) is 1.04. The monoisotopic (exact) mass is 497 g/mol. The van der Waals surface area contributed by atoms with Crippen LogP contribution in [0.2, 0.25) is 0 Å². The Balaban J connectivity index is 1.31. The van der Waals surface area contributed by atoms with Crippen LogP contribution in [-0.2, 0) is 0 Å². The molecule has 0 saturated carbocycles. The Bertz CT molecular complexity index is 1350. The largest absolute Gasteiger partial charge is 0.493 e. The van der Waals surface area contributed by atoms with Crippen molar-refractivity contribution in [3.05, 3.63) is 48.2 Å². The van der Waals surface area contributed by atoms with E-state index in [9.17, 15) is 4.39 Å². The molecule has 190 valence electrons. The number of aromatic amines is 1. The highest BCUT2D eigenvalue weighted by Crippen LogP contribution is 2.37. The molecule has 1 saturated heterocycles. The number of benzene rings is 2. The molecule has 0 unspecified atom stereocenters. The number of aryl methyl sites for hydroxylation is 1. The maximum Gasteiger partial charge on any atom is 0.230 e. The minimum absolute atomic E-state index is 0.0763. The quantitative estimate of drug-likeness (QED) is 0.369. The van der Waals surface area contributed by atoms with Gasteiger partial charge in [-0.05, 0) is 31.2 Å². The molecule has 1 N–H and O–H groups in total. The van der Waals surface area contributed by atoms with Gasteiger partial charge in [-0.15, -0.1) is 0 Å². The summed E-state index contributed by atoms with van der Waals surface area (Å²) < 4.78 is 45.1. The first-order valence-electron chi connectivity index (χ1n) is 12.0. The number of hydrogen-bond acceptors (Lipinski definition) is 7. The Morgan fingerprint density at radius 3 is 2.47 bits per heavy atom. The van der Waals surface area contributed by atoms with Crippen LogP contribution in [0.3, 0.4) is 0 Å².